The predicted molar refractivity (Wildman–Crippen MR) is 276 cm³/mol. The average Bonchev–Trinajstić information content (AvgIpc) is 3.39. The lowest BCUT2D eigenvalue weighted by Gasteiger charge is -2.59. The summed E-state index contributed by atoms with van der Waals surface area (Å²) in [6, 6.07) is 39.9. The molecular weight excluding hydrogens is 901 g/mol. The molecule has 0 saturated heterocycles. The number of carbonyl (C=O) groups is 1. The van der Waals surface area contributed by atoms with Gasteiger partial charge in [0.1, 0.15) is 30.8 Å². The quantitative estimate of drug-likeness (QED) is 0.0239. The second-order valence-corrected chi connectivity index (χ2v) is 19.3. The number of thioether (sulfide) groups is 1. The Kier molecular flexibility index (Phi) is 18.5. The van der Waals surface area contributed by atoms with Crippen LogP contribution in [-0.2, 0) is 32.2 Å². The van der Waals surface area contributed by atoms with Gasteiger partial charge in [-0.3, -0.25) is 4.90 Å². The van der Waals surface area contributed by atoms with E-state index in [0.717, 1.165) is 75.9 Å². The van der Waals surface area contributed by atoms with E-state index in [-0.39, 0.29) is 63.8 Å². The lowest BCUT2D eigenvalue weighted by Crippen LogP contribution is -2.70. The van der Waals surface area contributed by atoms with Gasteiger partial charge in [-0.2, -0.15) is 0 Å². The number of hydrogen-bond donors (Lipinski definition) is 2. The third-order valence-electron chi connectivity index (χ3n) is 13.7. The minimum absolute atomic E-state index is 0.0286. The van der Waals surface area contributed by atoms with Crippen LogP contribution in [0.5, 0.6) is 11.5 Å². The minimum atomic E-state index is -1.46. The van der Waals surface area contributed by atoms with Gasteiger partial charge < -0.3 is 38.7 Å². The van der Waals surface area contributed by atoms with Crippen molar-refractivity contribution < 1.29 is 43.5 Å². The molecule has 370 valence electrons. The van der Waals surface area contributed by atoms with Gasteiger partial charge in [0.05, 0.1) is 44.6 Å². The average molecular weight is 969 g/mol. The molecule has 0 aromatic heterocycles. The molecule has 1 saturated carbocycles. The van der Waals surface area contributed by atoms with E-state index in [2.05, 4.69) is 55.1 Å². The smallest absolute Gasteiger partial charge is 0.410 e. The zero-order chi connectivity index (χ0) is 48.5. The van der Waals surface area contributed by atoms with Gasteiger partial charge in [0.25, 0.3) is 0 Å². The Hall–Kier alpha value is -5.63. The molecule has 3 aliphatic rings. The topological polar surface area (TPSA) is 129 Å². The normalized spacial score (nSPS) is 21.8. The van der Waals surface area contributed by atoms with Crippen LogP contribution in [0.2, 0.25) is 0 Å². The van der Waals surface area contributed by atoms with Crippen LogP contribution in [0.4, 0.5) is 4.79 Å². The number of benzene rings is 5. The molecule has 6 atom stereocenters. The number of unbranched alkanes of at least 4 members (excludes halogenated alkanes) is 2. The molecule has 6 unspecified atom stereocenters. The van der Waals surface area contributed by atoms with Crippen molar-refractivity contribution in [2.45, 2.75) is 87.7 Å². The summed E-state index contributed by atoms with van der Waals surface area (Å²) in [5, 5.41) is 27.0. The molecule has 8 rings (SSSR count). The third kappa shape index (κ3) is 12.1. The van der Waals surface area contributed by atoms with E-state index in [0.29, 0.717) is 38.4 Å². The number of fused-ring (bicyclic) bond motifs is 3. The highest BCUT2D eigenvalue weighted by Gasteiger charge is 2.65. The number of ether oxygens (including phenoxy) is 5. The van der Waals surface area contributed by atoms with Crippen LogP contribution < -0.4 is 9.47 Å². The van der Waals surface area contributed by atoms with Crippen molar-refractivity contribution in [1.82, 2.24) is 4.90 Å². The number of aliphatic hydroxyl groups excluding tert-OH is 2. The Morgan fingerprint density at radius 1 is 0.886 bits per heavy atom. The summed E-state index contributed by atoms with van der Waals surface area (Å²) in [4.78, 5) is 24.1. The Balaban J connectivity index is 1.24. The van der Waals surface area contributed by atoms with E-state index >= 15 is 4.79 Å². The number of carbonyl (C=O) groups excluding carboxylic acids is 1. The monoisotopic (exact) mass is 968 g/mol. The van der Waals surface area contributed by atoms with E-state index in [4.69, 9.17) is 33.7 Å². The minimum Gasteiger partial charge on any atom is -0.493 e. The first-order valence-corrected chi connectivity index (χ1v) is 26.0. The standard InChI is InChI=1S/C58H68N2O9S/c1-3-32-67-58-54(60(40-45-23-17-22-43-20-11-12-26-48(43)45)57(63)66-34-33-64-41-42-18-7-5-8-19-42)39-52(59-68-4-2)50-37-44(21-13-15-30-61)49(27-14-16-31-62)55(56(50)58)51-38-46(28-29-53(51)69-58)65-35-36-70-47-24-9-6-10-25-47/h3,5-12,17-20,22-26,28-29,37-38,44,49,54-56,61-62H,1,4,13-16,21,27,30-36,39-41H2,2H3. The number of amides is 1. The SMILES string of the molecule is C=CCOC12Oc3ccc(OCCSc4ccccc4)cc3C3C(CCCCO)C(CCCCO)C=C(C(=NOCC)CC1N(Cc1cccc4ccccc14)C(=O)OCCOCc1ccccc1)C32. The molecule has 12 heteroatoms. The van der Waals surface area contributed by atoms with Crippen molar-refractivity contribution in [3.8, 4) is 11.5 Å². The fourth-order valence-electron chi connectivity index (χ4n) is 10.7. The highest BCUT2D eigenvalue weighted by molar-refractivity contribution is 7.99. The molecule has 5 aromatic carbocycles. The van der Waals surface area contributed by atoms with E-state index in [1.165, 1.54) is 4.90 Å². The summed E-state index contributed by atoms with van der Waals surface area (Å²) in [5.41, 5.74) is 4.66. The molecule has 0 spiro atoms. The summed E-state index contributed by atoms with van der Waals surface area (Å²) in [6.45, 7) is 8.02. The fourth-order valence-corrected chi connectivity index (χ4v) is 11.4. The lowest BCUT2D eigenvalue weighted by atomic mass is 9.55. The molecular formula is C58H68N2O9S. The summed E-state index contributed by atoms with van der Waals surface area (Å²) < 4.78 is 33.5. The Labute approximate surface area is 417 Å². The molecule has 70 heavy (non-hydrogen) atoms. The molecule has 5 aromatic rings. The zero-order valence-corrected chi connectivity index (χ0v) is 41.2. The molecule has 1 aliphatic heterocycles. The summed E-state index contributed by atoms with van der Waals surface area (Å²) in [6.07, 6.45) is 8.45. The van der Waals surface area contributed by atoms with Crippen molar-refractivity contribution in [2.24, 2.45) is 22.9 Å². The zero-order valence-electron chi connectivity index (χ0n) is 40.4. The largest absolute Gasteiger partial charge is 0.493 e. The van der Waals surface area contributed by atoms with Gasteiger partial charge in [-0.15, -0.1) is 18.3 Å². The van der Waals surface area contributed by atoms with Gasteiger partial charge >= 0.3 is 6.09 Å². The van der Waals surface area contributed by atoms with Gasteiger partial charge in [-0.1, -0.05) is 121 Å². The highest BCUT2D eigenvalue weighted by Crippen LogP contribution is 2.62. The number of nitrogens with zero attached hydrogens (tertiary/aromatic N) is 2. The van der Waals surface area contributed by atoms with Crippen LogP contribution in [0, 0.1) is 17.8 Å². The molecule has 2 aliphatic carbocycles. The lowest BCUT2D eigenvalue weighted by molar-refractivity contribution is -0.256. The molecule has 1 amide bonds. The van der Waals surface area contributed by atoms with Gasteiger partial charge in [0.2, 0.25) is 5.79 Å². The fraction of sp³-hybridized carbons (Fsp3) is 0.414. The predicted octanol–water partition coefficient (Wildman–Crippen LogP) is 11.5. The van der Waals surface area contributed by atoms with Gasteiger partial charge in [0.15, 0.2) is 0 Å². The first-order chi connectivity index (χ1) is 34.5. The van der Waals surface area contributed by atoms with Gasteiger partial charge in [-0.05, 0) is 102 Å². The number of allylic oxidation sites excluding steroid dienone is 1. The Morgan fingerprint density at radius 3 is 2.43 bits per heavy atom. The third-order valence-corrected chi connectivity index (χ3v) is 14.7. The summed E-state index contributed by atoms with van der Waals surface area (Å²) in [7, 11) is 0. The van der Waals surface area contributed by atoms with E-state index < -0.39 is 23.8 Å². The van der Waals surface area contributed by atoms with Gasteiger partial charge in [-0.25, -0.2) is 4.79 Å². The van der Waals surface area contributed by atoms with Crippen molar-refractivity contribution in [1.29, 1.82) is 0 Å². The van der Waals surface area contributed by atoms with Crippen LogP contribution >= 0.6 is 11.8 Å². The maximum absolute atomic E-state index is 15.2. The number of hydrogen-bond acceptors (Lipinski definition) is 11. The summed E-state index contributed by atoms with van der Waals surface area (Å²) >= 11 is 1.75. The molecule has 0 radical (unpaired) electrons. The van der Waals surface area contributed by atoms with E-state index in [1.807, 2.05) is 85.8 Å². The van der Waals surface area contributed by atoms with Crippen LogP contribution in [0.3, 0.4) is 0 Å². The molecule has 2 N–H and O–H groups in total. The number of oxime groups is 1. The van der Waals surface area contributed by atoms with Crippen LogP contribution in [0.15, 0.2) is 156 Å². The second kappa shape index (κ2) is 25.5. The number of aliphatic hydroxyl groups is 2. The van der Waals surface area contributed by atoms with E-state index in [9.17, 15) is 10.2 Å². The van der Waals surface area contributed by atoms with Crippen LogP contribution in [0.25, 0.3) is 10.8 Å². The Bertz CT molecular complexity index is 2520. The van der Waals surface area contributed by atoms with Crippen molar-refractivity contribution in [2.75, 3.05) is 52.0 Å². The molecule has 0 bridgehead atoms. The van der Waals surface area contributed by atoms with Crippen molar-refractivity contribution >= 4 is 34.3 Å². The van der Waals surface area contributed by atoms with Crippen LogP contribution in [0.1, 0.15) is 74.5 Å². The molecule has 1 heterocycles. The van der Waals surface area contributed by atoms with Gasteiger partial charge in [0, 0.05) is 41.8 Å². The maximum Gasteiger partial charge on any atom is 0.410 e. The molecule has 1 fully saturated rings. The summed E-state index contributed by atoms with van der Waals surface area (Å²) in [5.74, 6) is 0.169. The second-order valence-electron chi connectivity index (χ2n) is 18.1. The number of rotatable bonds is 26. The van der Waals surface area contributed by atoms with Crippen molar-refractivity contribution in [3.05, 3.63) is 162 Å². The molecule has 11 nitrogen and oxygen atoms in total. The first kappa shape index (κ1) is 50.7. The van der Waals surface area contributed by atoms with Crippen molar-refractivity contribution in [3.63, 3.8) is 0 Å². The first-order valence-electron chi connectivity index (χ1n) is 25.0. The van der Waals surface area contributed by atoms with Crippen LogP contribution in [-0.4, -0.2) is 90.7 Å². The highest BCUT2D eigenvalue weighted by atomic mass is 32.2. The Morgan fingerprint density at radius 2 is 1.64 bits per heavy atom. The maximum atomic E-state index is 15.2. The van der Waals surface area contributed by atoms with E-state index in [1.54, 1.807) is 22.7 Å².